The van der Waals surface area contributed by atoms with Crippen LogP contribution in [0.5, 0.6) is 0 Å². The van der Waals surface area contributed by atoms with Crippen LogP contribution < -0.4 is 5.32 Å². The number of amides is 2. The summed E-state index contributed by atoms with van der Waals surface area (Å²) in [6, 6.07) is 10.8. The second-order valence-corrected chi connectivity index (χ2v) is 6.68. The first-order valence-corrected chi connectivity index (χ1v) is 8.50. The highest BCUT2D eigenvalue weighted by molar-refractivity contribution is 5.92. The van der Waals surface area contributed by atoms with E-state index in [1.54, 1.807) is 30.3 Å². The normalized spacial score (nSPS) is 18.3. The van der Waals surface area contributed by atoms with Crippen molar-refractivity contribution in [1.82, 2.24) is 10.2 Å². The third kappa shape index (κ3) is 4.41. The van der Waals surface area contributed by atoms with Crippen molar-refractivity contribution in [3.63, 3.8) is 0 Å². The molecule has 1 aliphatic rings. The summed E-state index contributed by atoms with van der Waals surface area (Å²) in [7, 11) is 0. The summed E-state index contributed by atoms with van der Waals surface area (Å²) in [5.41, 5.74) is 0.330. The summed E-state index contributed by atoms with van der Waals surface area (Å²) >= 11 is 0. The molecule has 2 amide bonds. The number of nitrogens with one attached hydrogen (secondary N) is 1. The summed E-state index contributed by atoms with van der Waals surface area (Å²) in [6.07, 6.45) is -4.94. The van der Waals surface area contributed by atoms with Gasteiger partial charge >= 0.3 is 12.1 Å². The summed E-state index contributed by atoms with van der Waals surface area (Å²) in [4.78, 5) is 36.4. The van der Waals surface area contributed by atoms with Crippen molar-refractivity contribution in [2.75, 3.05) is 13.1 Å². The smallest absolute Gasteiger partial charge is 0.406 e. The number of carbonyl (C=O) groups excluding carboxylic acids is 2. The maximum atomic E-state index is 12.5. The molecule has 1 aliphatic heterocycles. The van der Waals surface area contributed by atoms with Crippen molar-refractivity contribution in [1.29, 1.82) is 0 Å². The molecule has 1 heterocycles. The molecule has 0 saturated carbocycles. The Hall–Kier alpha value is -3.10. The van der Waals surface area contributed by atoms with Crippen LogP contribution >= 0.6 is 0 Å². The lowest BCUT2D eigenvalue weighted by Crippen LogP contribution is -2.40. The van der Waals surface area contributed by atoms with Gasteiger partial charge in [0.05, 0.1) is 5.92 Å². The highest BCUT2D eigenvalue weighted by Crippen LogP contribution is 2.26. The van der Waals surface area contributed by atoms with Crippen LogP contribution in [0.1, 0.15) is 18.0 Å². The zero-order chi connectivity index (χ0) is 20.5. The molecule has 0 aliphatic carbocycles. The highest BCUT2D eigenvalue weighted by atomic mass is 19.4. The Kier molecular flexibility index (Phi) is 5.26. The standard InChI is InChI=1S/C19H17F3N2O4/c20-19(21,22)10-24-9-14(8-15(24)25)17(26)23-16(18(27)28)13-6-5-11-3-1-2-4-12(11)7-13/h1-7,14,16H,8-10H2,(H,23,26)(H,27,28). The summed E-state index contributed by atoms with van der Waals surface area (Å²) in [6.45, 7) is -1.82. The molecule has 6 nitrogen and oxygen atoms in total. The number of aliphatic carboxylic acids is 1. The number of alkyl halides is 3. The summed E-state index contributed by atoms with van der Waals surface area (Å²) in [5, 5.41) is 13.5. The van der Waals surface area contributed by atoms with E-state index in [4.69, 9.17) is 0 Å². The second kappa shape index (κ2) is 7.49. The number of hydrogen-bond acceptors (Lipinski definition) is 3. The molecular formula is C19H17F3N2O4. The Morgan fingerprint density at radius 1 is 1.18 bits per heavy atom. The monoisotopic (exact) mass is 394 g/mol. The van der Waals surface area contributed by atoms with E-state index in [2.05, 4.69) is 5.32 Å². The van der Waals surface area contributed by atoms with Crippen molar-refractivity contribution in [2.24, 2.45) is 5.92 Å². The van der Waals surface area contributed by atoms with Gasteiger partial charge in [-0.3, -0.25) is 9.59 Å². The van der Waals surface area contributed by atoms with Crippen LogP contribution in [-0.4, -0.2) is 47.1 Å². The minimum Gasteiger partial charge on any atom is -0.479 e. The average molecular weight is 394 g/mol. The van der Waals surface area contributed by atoms with Gasteiger partial charge in [0.25, 0.3) is 0 Å². The Labute approximate surface area is 157 Å². The van der Waals surface area contributed by atoms with E-state index in [9.17, 15) is 32.7 Å². The predicted molar refractivity (Wildman–Crippen MR) is 93.2 cm³/mol. The number of carbonyl (C=O) groups is 3. The minimum absolute atomic E-state index is 0.330. The van der Waals surface area contributed by atoms with Crippen LogP contribution in [0.3, 0.4) is 0 Å². The lowest BCUT2D eigenvalue weighted by Gasteiger charge is -2.20. The molecule has 2 atom stereocenters. The largest absolute Gasteiger partial charge is 0.479 e. The number of likely N-dealkylation sites (tertiary alicyclic amines) is 1. The zero-order valence-corrected chi connectivity index (χ0v) is 14.6. The fourth-order valence-electron chi connectivity index (χ4n) is 3.25. The van der Waals surface area contributed by atoms with Crippen molar-refractivity contribution in [2.45, 2.75) is 18.6 Å². The highest BCUT2D eigenvalue weighted by Gasteiger charge is 2.41. The third-order valence-corrected chi connectivity index (χ3v) is 4.60. The molecule has 2 aromatic carbocycles. The lowest BCUT2D eigenvalue weighted by molar-refractivity contribution is -0.157. The van der Waals surface area contributed by atoms with E-state index in [1.165, 1.54) is 0 Å². The van der Waals surface area contributed by atoms with Gasteiger partial charge in [-0.05, 0) is 22.4 Å². The van der Waals surface area contributed by atoms with Gasteiger partial charge in [0.15, 0.2) is 6.04 Å². The number of halogens is 3. The van der Waals surface area contributed by atoms with Crippen molar-refractivity contribution in [3.05, 3.63) is 48.0 Å². The van der Waals surface area contributed by atoms with E-state index in [0.29, 0.717) is 10.5 Å². The number of nitrogens with zero attached hydrogens (tertiary/aromatic N) is 1. The van der Waals surface area contributed by atoms with Gasteiger partial charge in [0, 0.05) is 13.0 Å². The Morgan fingerprint density at radius 3 is 2.50 bits per heavy atom. The fourth-order valence-corrected chi connectivity index (χ4v) is 3.25. The molecule has 2 aromatic rings. The summed E-state index contributed by atoms with van der Waals surface area (Å²) in [5.74, 6) is -3.88. The van der Waals surface area contributed by atoms with Gasteiger partial charge in [-0.2, -0.15) is 13.2 Å². The number of fused-ring (bicyclic) bond motifs is 1. The third-order valence-electron chi connectivity index (χ3n) is 4.60. The van der Waals surface area contributed by atoms with Crippen molar-refractivity contribution < 1.29 is 32.7 Å². The van der Waals surface area contributed by atoms with Crippen LogP contribution in [0.2, 0.25) is 0 Å². The molecule has 1 saturated heterocycles. The maximum Gasteiger partial charge on any atom is 0.406 e. The first-order chi connectivity index (χ1) is 13.1. The van der Waals surface area contributed by atoms with E-state index in [1.807, 2.05) is 12.1 Å². The fraction of sp³-hybridized carbons (Fsp3) is 0.316. The molecule has 148 valence electrons. The van der Waals surface area contributed by atoms with E-state index >= 15 is 0 Å². The number of carboxylic acids is 1. The summed E-state index contributed by atoms with van der Waals surface area (Å²) < 4.78 is 37.5. The first-order valence-electron chi connectivity index (χ1n) is 8.50. The molecule has 0 aromatic heterocycles. The van der Waals surface area contributed by atoms with Gasteiger partial charge in [0.1, 0.15) is 6.54 Å². The second-order valence-electron chi connectivity index (χ2n) is 6.68. The molecule has 2 unspecified atom stereocenters. The number of hydrogen-bond donors (Lipinski definition) is 2. The molecule has 28 heavy (non-hydrogen) atoms. The van der Waals surface area contributed by atoms with Crippen molar-refractivity contribution >= 4 is 28.6 Å². The van der Waals surface area contributed by atoms with Gasteiger partial charge in [-0.15, -0.1) is 0 Å². The van der Waals surface area contributed by atoms with Gasteiger partial charge in [-0.1, -0.05) is 36.4 Å². The SMILES string of the molecule is O=C(NC(C(=O)O)c1ccc2ccccc2c1)C1CC(=O)N(CC(F)(F)F)C1. The Bertz CT molecular complexity index is 929. The van der Waals surface area contributed by atoms with Crippen molar-refractivity contribution in [3.8, 4) is 0 Å². The van der Waals surface area contributed by atoms with E-state index in [-0.39, 0.29) is 6.42 Å². The van der Waals surface area contributed by atoms with Crippen LogP contribution in [-0.2, 0) is 14.4 Å². The number of carboxylic acid groups (broad SMARTS) is 1. The zero-order valence-electron chi connectivity index (χ0n) is 14.6. The Balaban J connectivity index is 1.74. The molecular weight excluding hydrogens is 377 g/mol. The first kappa shape index (κ1) is 19.7. The van der Waals surface area contributed by atoms with Gasteiger partial charge in [0.2, 0.25) is 11.8 Å². The minimum atomic E-state index is -4.56. The Morgan fingerprint density at radius 2 is 1.86 bits per heavy atom. The quantitative estimate of drug-likeness (QED) is 0.816. The van der Waals surface area contributed by atoms with E-state index < -0.39 is 49.0 Å². The molecule has 0 radical (unpaired) electrons. The lowest BCUT2D eigenvalue weighted by atomic mass is 10.0. The van der Waals surface area contributed by atoms with Crippen LogP contribution in [0.4, 0.5) is 13.2 Å². The number of rotatable bonds is 5. The molecule has 0 spiro atoms. The topological polar surface area (TPSA) is 86.7 Å². The molecule has 0 bridgehead atoms. The maximum absolute atomic E-state index is 12.5. The van der Waals surface area contributed by atoms with Crippen LogP contribution in [0, 0.1) is 5.92 Å². The molecule has 2 N–H and O–H groups in total. The van der Waals surface area contributed by atoms with Crippen LogP contribution in [0.25, 0.3) is 10.8 Å². The number of benzene rings is 2. The average Bonchev–Trinajstić information content (AvgIpc) is 2.97. The van der Waals surface area contributed by atoms with E-state index in [0.717, 1.165) is 10.8 Å². The molecule has 3 rings (SSSR count). The molecule has 1 fully saturated rings. The van der Waals surface area contributed by atoms with Crippen LogP contribution in [0.15, 0.2) is 42.5 Å². The van der Waals surface area contributed by atoms with Gasteiger partial charge < -0.3 is 15.3 Å². The predicted octanol–water partition coefficient (Wildman–Crippen LogP) is 2.49. The van der Waals surface area contributed by atoms with Gasteiger partial charge in [-0.25, -0.2) is 4.79 Å². The molecule has 9 heteroatoms.